The highest BCUT2D eigenvalue weighted by Gasteiger charge is 2.15. The lowest BCUT2D eigenvalue weighted by molar-refractivity contribution is -0.113. The number of carbonyl (C=O) groups excluding carboxylic acids is 1. The Morgan fingerprint density at radius 3 is 2.57 bits per heavy atom. The third-order valence-corrected chi connectivity index (χ3v) is 5.41. The van der Waals surface area contributed by atoms with Crippen LogP contribution in [0, 0.1) is 13.8 Å². The summed E-state index contributed by atoms with van der Waals surface area (Å²) < 4.78 is 1.85. The van der Waals surface area contributed by atoms with E-state index in [2.05, 4.69) is 15.4 Å². The zero-order valence-electron chi connectivity index (χ0n) is 15.7. The molecule has 140 valence electrons. The average molecular weight is 388 g/mol. The third-order valence-electron chi connectivity index (χ3n) is 4.48. The molecular weight excluding hydrogens is 368 g/mol. The molecule has 0 saturated heterocycles. The van der Waals surface area contributed by atoms with E-state index in [1.54, 1.807) is 0 Å². The molecule has 0 atom stereocenters. The highest BCUT2D eigenvalue weighted by Crippen LogP contribution is 2.24. The quantitative estimate of drug-likeness (QED) is 0.501. The molecule has 0 fully saturated rings. The average Bonchev–Trinajstić information content (AvgIpc) is 3.01. The zero-order chi connectivity index (χ0) is 19.5. The fourth-order valence-corrected chi connectivity index (χ4v) is 3.77. The fraction of sp³-hybridized carbons (Fsp3) is 0.136. The number of aryl methyl sites for hydroxylation is 1. The Hall–Kier alpha value is -3.12. The SMILES string of the molecule is Cc1nn(-c2ccccc2)c(C)c1NC(=O)CSc1ccc2ccccc2n1. The van der Waals surface area contributed by atoms with Crippen molar-refractivity contribution in [3.63, 3.8) is 0 Å². The molecule has 0 aliphatic rings. The molecule has 1 N–H and O–H groups in total. The van der Waals surface area contributed by atoms with Crippen molar-refractivity contribution in [2.45, 2.75) is 18.9 Å². The molecule has 0 radical (unpaired) electrons. The summed E-state index contributed by atoms with van der Waals surface area (Å²) >= 11 is 1.43. The summed E-state index contributed by atoms with van der Waals surface area (Å²) in [6.45, 7) is 3.86. The van der Waals surface area contributed by atoms with Crippen LogP contribution in [0.3, 0.4) is 0 Å². The third kappa shape index (κ3) is 3.77. The van der Waals surface area contributed by atoms with Crippen LogP contribution in [0.2, 0.25) is 0 Å². The number of carbonyl (C=O) groups is 1. The molecule has 0 spiro atoms. The van der Waals surface area contributed by atoms with Crippen molar-refractivity contribution in [2.24, 2.45) is 0 Å². The van der Waals surface area contributed by atoms with Gasteiger partial charge in [-0.15, -0.1) is 0 Å². The van der Waals surface area contributed by atoms with Gasteiger partial charge in [0.25, 0.3) is 0 Å². The number of para-hydroxylation sites is 2. The number of pyridine rings is 1. The van der Waals surface area contributed by atoms with Crippen molar-refractivity contribution in [1.82, 2.24) is 14.8 Å². The van der Waals surface area contributed by atoms with Crippen molar-refractivity contribution in [1.29, 1.82) is 0 Å². The Kier molecular flexibility index (Phi) is 5.12. The van der Waals surface area contributed by atoms with Crippen LogP contribution in [0.5, 0.6) is 0 Å². The van der Waals surface area contributed by atoms with Gasteiger partial charge in [0.2, 0.25) is 5.91 Å². The van der Waals surface area contributed by atoms with Crippen molar-refractivity contribution < 1.29 is 4.79 Å². The summed E-state index contributed by atoms with van der Waals surface area (Å²) in [6.07, 6.45) is 0. The molecule has 0 aliphatic carbocycles. The number of nitrogens with zero attached hydrogens (tertiary/aromatic N) is 3. The topological polar surface area (TPSA) is 59.8 Å². The normalized spacial score (nSPS) is 10.9. The highest BCUT2D eigenvalue weighted by molar-refractivity contribution is 7.99. The number of aromatic nitrogens is 3. The standard InChI is InChI=1S/C22H20N4OS/c1-15-22(16(2)26(25-15)18-9-4-3-5-10-18)24-20(27)14-28-21-13-12-17-8-6-7-11-19(17)23-21/h3-13H,14H2,1-2H3,(H,24,27). The van der Waals surface area contributed by atoms with Gasteiger partial charge in [-0.1, -0.05) is 54.2 Å². The van der Waals surface area contributed by atoms with E-state index in [-0.39, 0.29) is 5.91 Å². The zero-order valence-corrected chi connectivity index (χ0v) is 16.5. The lowest BCUT2D eigenvalue weighted by Gasteiger charge is -2.07. The molecule has 0 saturated carbocycles. The Bertz CT molecular complexity index is 1140. The molecule has 1 amide bonds. The summed E-state index contributed by atoms with van der Waals surface area (Å²) in [5.41, 5.74) is 4.37. The van der Waals surface area contributed by atoms with Gasteiger partial charge >= 0.3 is 0 Å². The summed E-state index contributed by atoms with van der Waals surface area (Å²) in [6, 6.07) is 21.8. The van der Waals surface area contributed by atoms with E-state index in [9.17, 15) is 4.79 Å². The molecular formula is C22H20N4OS. The van der Waals surface area contributed by atoms with Crippen LogP contribution in [-0.2, 0) is 4.79 Å². The van der Waals surface area contributed by atoms with E-state index in [4.69, 9.17) is 0 Å². The lowest BCUT2D eigenvalue weighted by Crippen LogP contribution is -2.15. The van der Waals surface area contributed by atoms with Gasteiger partial charge in [0.15, 0.2) is 0 Å². The second kappa shape index (κ2) is 7.86. The molecule has 4 rings (SSSR count). The minimum atomic E-state index is -0.0706. The Morgan fingerprint density at radius 2 is 1.75 bits per heavy atom. The second-order valence-corrected chi connectivity index (χ2v) is 7.47. The number of anilines is 1. The van der Waals surface area contributed by atoms with E-state index in [0.717, 1.165) is 38.7 Å². The van der Waals surface area contributed by atoms with Gasteiger partial charge in [0, 0.05) is 5.39 Å². The number of hydrogen-bond donors (Lipinski definition) is 1. The Morgan fingerprint density at radius 1 is 1.00 bits per heavy atom. The molecule has 0 unspecified atom stereocenters. The Balaban J connectivity index is 1.45. The monoisotopic (exact) mass is 388 g/mol. The number of amides is 1. The minimum absolute atomic E-state index is 0.0706. The number of nitrogens with one attached hydrogen (secondary N) is 1. The van der Waals surface area contributed by atoms with Gasteiger partial charge in [-0.05, 0) is 38.1 Å². The van der Waals surface area contributed by atoms with E-state index in [0.29, 0.717) is 5.75 Å². The summed E-state index contributed by atoms with van der Waals surface area (Å²) in [5.74, 6) is 0.222. The van der Waals surface area contributed by atoms with Crippen molar-refractivity contribution in [3.8, 4) is 5.69 Å². The largest absolute Gasteiger partial charge is 0.322 e. The molecule has 4 aromatic rings. The molecule has 6 heteroatoms. The fourth-order valence-electron chi connectivity index (χ4n) is 3.09. The van der Waals surface area contributed by atoms with Crippen LogP contribution in [-0.4, -0.2) is 26.4 Å². The Labute approximate surface area is 167 Å². The summed E-state index contributed by atoms with van der Waals surface area (Å²) in [5, 5.41) is 9.50. The first kappa shape index (κ1) is 18.3. The number of benzene rings is 2. The molecule has 2 aromatic heterocycles. The second-order valence-electron chi connectivity index (χ2n) is 6.47. The van der Waals surface area contributed by atoms with E-state index >= 15 is 0 Å². The number of hydrogen-bond acceptors (Lipinski definition) is 4. The first-order valence-electron chi connectivity index (χ1n) is 9.02. The van der Waals surface area contributed by atoms with Crippen LogP contribution in [0.25, 0.3) is 16.6 Å². The number of fused-ring (bicyclic) bond motifs is 1. The summed E-state index contributed by atoms with van der Waals surface area (Å²) in [4.78, 5) is 17.1. The number of thioether (sulfide) groups is 1. The first-order valence-corrected chi connectivity index (χ1v) is 10.0. The smallest absolute Gasteiger partial charge is 0.234 e. The first-order chi connectivity index (χ1) is 13.6. The van der Waals surface area contributed by atoms with E-state index < -0.39 is 0 Å². The summed E-state index contributed by atoms with van der Waals surface area (Å²) in [7, 11) is 0. The maximum Gasteiger partial charge on any atom is 0.234 e. The van der Waals surface area contributed by atoms with Gasteiger partial charge in [-0.25, -0.2) is 9.67 Å². The van der Waals surface area contributed by atoms with E-state index in [1.807, 2.05) is 85.3 Å². The number of rotatable bonds is 5. The van der Waals surface area contributed by atoms with Crippen LogP contribution in [0.4, 0.5) is 5.69 Å². The molecule has 2 heterocycles. The maximum absolute atomic E-state index is 12.5. The van der Waals surface area contributed by atoms with Crippen molar-refractivity contribution in [3.05, 3.63) is 78.1 Å². The van der Waals surface area contributed by atoms with Gasteiger partial charge in [0.1, 0.15) is 0 Å². The minimum Gasteiger partial charge on any atom is -0.322 e. The molecule has 28 heavy (non-hydrogen) atoms. The molecule has 2 aromatic carbocycles. The van der Waals surface area contributed by atoms with Gasteiger partial charge in [-0.3, -0.25) is 4.79 Å². The molecule has 0 aliphatic heterocycles. The van der Waals surface area contributed by atoms with Crippen LogP contribution in [0.15, 0.2) is 71.8 Å². The van der Waals surface area contributed by atoms with Crippen LogP contribution >= 0.6 is 11.8 Å². The van der Waals surface area contributed by atoms with Crippen LogP contribution < -0.4 is 5.32 Å². The van der Waals surface area contributed by atoms with Crippen molar-refractivity contribution >= 4 is 34.3 Å². The van der Waals surface area contributed by atoms with E-state index in [1.165, 1.54) is 11.8 Å². The van der Waals surface area contributed by atoms with Crippen molar-refractivity contribution in [2.75, 3.05) is 11.1 Å². The van der Waals surface area contributed by atoms with Gasteiger partial charge in [-0.2, -0.15) is 5.10 Å². The molecule has 0 bridgehead atoms. The molecule has 5 nitrogen and oxygen atoms in total. The highest BCUT2D eigenvalue weighted by atomic mass is 32.2. The lowest BCUT2D eigenvalue weighted by atomic mass is 10.2. The predicted octanol–water partition coefficient (Wildman–Crippen LogP) is 4.77. The van der Waals surface area contributed by atoms with Crippen LogP contribution in [0.1, 0.15) is 11.4 Å². The predicted molar refractivity (Wildman–Crippen MR) is 114 cm³/mol. The van der Waals surface area contributed by atoms with Gasteiger partial charge < -0.3 is 5.32 Å². The van der Waals surface area contributed by atoms with Gasteiger partial charge in [0.05, 0.1) is 39.1 Å². The maximum atomic E-state index is 12.5.